The molecular weight excluding hydrogens is 438 g/mol. The summed E-state index contributed by atoms with van der Waals surface area (Å²) in [6, 6.07) is 9.92. The molecule has 1 atom stereocenters. The molecule has 0 radical (unpaired) electrons. The van der Waals surface area contributed by atoms with Gasteiger partial charge in [0.25, 0.3) is 0 Å². The van der Waals surface area contributed by atoms with Crippen LogP contribution in [0.3, 0.4) is 0 Å². The van der Waals surface area contributed by atoms with Crippen molar-refractivity contribution in [2.24, 2.45) is 0 Å². The van der Waals surface area contributed by atoms with Gasteiger partial charge in [-0.05, 0) is 57.3 Å². The molecule has 33 heavy (non-hydrogen) atoms. The average Bonchev–Trinajstić information content (AvgIpc) is 3.16. The van der Waals surface area contributed by atoms with Crippen molar-refractivity contribution in [1.82, 2.24) is 19.9 Å². The van der Waals surface area contributed by atoms with E-state index in [9.17, 15) is 4.79 Å². The van der Waals surface area contributed by atoms with Crippen LogP contribution in [0.1, 0.15) is 17.7 Å². The van der Waals surface area contributed by atoms with E-state index in [0.29, 0.717) is 28.4 Å². The third-order valence-electron chi connectivity index (χ3n) is 6.32. The molecule has 0 bridgehead atoms. The number of amides is 1. The van der Waals surface area contributed by atoms with Crippen molar-refractivity contribution in [2.45, 2.75) is 25.8 Å². The zero-order valence-corrected chi connectivity index (χ0v) is 19.6. The highest BCUT2D eigenvalue weighted by Crippen LogP contribution is 2.35. The number of pyridine rings is 1. The van der Waals surface area contributed by atoms with E-state index in [1.54, 1.807) is 18.3 Å². The largest absolute Gasteiger partial charge is 0.355 e. The standard InChI is InChI=1S/C24H26ClN7O/c1-14-19(6-7-21(27-14)32(3)17-8-9-31(2)13-17)29-24-26-12-15-10-22(33)28-20-11-16(25)4-5-18(20)23(15)30-24/h4-7,11-12,17H,8-10,13H2,1-3H3,(H,28,33)(H,26,29,30). The first kappa shape index (κ1) is 21.6. The second-order valence-corrected chi connectivity index (χ2v) is 9.16. The van der Waals surface area contributed by atoms with E-state index >= 15 is 0 Å². The fourth-order valence-electron chi connectivity index (χ4n) is 4.44. The number of aromatic nitrogens is 3. The maximum atomic E-state index is 12.3. The van der Waals surface area contributed by atoms with Crippen LogP contribution in [-0.2, 0) is 11.2 Å². The number of nitrogens with one attached hydrogen (secondary N) is 2. The summed E-state index contributed by atoms with van der Waals surface area (Å²) >= 11 is 6.14. The van der Waals surface area contributed by atoms with Crippen molar-refractivity contribution in [3.8, 4) is 11.3 Å². The predicted octanol–water partition coefficient (Wildman–Crippen LogP) is 3.88. The van der Waals surface area contributed by atoms with Crippen LogP contribution in [-0.4, -0.2) is 59.0 Å². The molecule has 2 N–H and O–H groups in total. The van der Waals surface area contributed by atoms with Gasteiger partial charge in [0.2, 0.25) is 11.9 Å². The van der Waals surface area contributed by atoms with E-state index in [4.69, 9.17) is 21.6 Å². The molecule has 1 unspecified atom stereocenters. The first-order valence-electron chi connectivity index (χ1n) is 11.0. The Hall–Kier alpha value is -3.23. The second-order valence-electron chi connectivity index (χ2n) is 8.73. The monoisotopic (exact) mass is 463 g/mol. The number of aryl methyl sites for hydroxylation is 1. The summed E-state index contributed by atoms with van der Waals surface area (Å²) in [4.78, 5) is 30.9. The lowest BCUT2D eigenvalue weighted by molar-refractivity contribution is -0.115. The van der Waals surface area contributed by atoms with Gasteiger partial charge < -0.3 is 20.4 Å². The van der Waals surface area contributed by atoms with Gasteiger partial charge in [0.05, 0.1) is 29.2 Å². The van der Waals surface area contributed by atoms with E-state index < -0.39 is 0 Å². The molecule has 5 rings (SSSR count). The lowest BCUT2D eigenvalue weighted by atomic mass is 10.1. The van der Waals surface area contributed by atoms with Crippen LogP contribution in [0, 0.1) is 6.92 Å². The minimum absolute atomic E-state index is 0.116. The van der Waals surface area contributed by atoms with Crippen LogP contribution >= 0.6 is 11.6 Å². The number of fused-ring (bicyclic) bond motifs is 3. The molecule has 2 aliphatic rings. The van der Waals surface area contributed by atoms with Crippen LogP contribution in [0.2, 0.25) is 5.02 Å². The average molecular weight is 464 g/mol. The Balaban J connectivity index is 1.42. The molecule has 2 aliphatic heterocycles. The molecule has 1 saturated heterocycles. The van der Waals surface area contributed by atoms with Crippen molar-refractivity contribution in [3.63, 3.8) is 0 Å². The highest BCUT2D eigenvalue weighted by Gasteiger charge is 2.25. The minimum Gasteiger partial charge on any atom is -0.355 e. The smallest absolute Gasteiger partial charge is 0.228 e. The summed E-state index contributed by atoms with van der Waals surface area (Å²) in [5, 5.41) is 6.75. The molecule has 2 aromatic heterocycles. The minimum atomic E-state index is -0.116. The van der Waals surface area contributed by atoms with Crippen LogP contribution in [0.25, 0.3) is 11.3 Å². The Morgan fingerprint density at radius 1 is 1.24 bits per heavy atom. The molecule has 8 nitrogen and oxygen atoms in total. The third-order valence-corrected chi connectivity index (χ3v) is 6.55. The Labute approximate surface area is 198 Å². The Morgan fingerprint density at radius 2 is 2.09 bits per heavy atom. The van der Waals surface area contributed by atoms with Crippen LogP contribution in [0.4, 0.5) is 23.1 Å². The summed E-state index contributed by atoms with van der Waals surface area (Å²) in [6.07, 6.45) is 3.05. The molecule has 3 aromatic rings. The molecule has 1 aromatic carbocycles. The Kier molecular flexibility index (Phi) is 5.64. The molecule has 0 aliphatic carbocycles. The van der Waals surface area contributed by atoms with Gasteiger partial charge in [-0.3, -0.25) is 4.79 Å². The number of benzene rings is 1. The highest BCUT2D eigenvalue weighted by molar-refractivity contribution is 6.31. The van der Waals surface area contributed by atoms with Crippen molar-refractivity contribution in [2.75, 3.05) is 42.7 Å². The lowest BCUT2D eigenvalue weighted by Gasteiger charge is -2.26. The number of carbonyl (C=O) groups is 1. The summed E-state index contributed by atoms with van der Waals surface area (Å²) in [6.45, 7) is 4.13. The molecule has 1 amide bonds. The molecule has 4 heterocycles. The number of likely N-dealkylation sites (N-methyl/N-ethyl adjacent to an activating group) is 2. The number of likely N-dealkylation sites (tertiary alicyclic amines) is 1. The first-order chi connectivity index (χ1) is 15.9. The zero-order valence-electron chi connectivity index (χ0n) is 18.9. The summed E-state index contributed by atoms with van der Waals surface area (Å²) in [5.41, 5.74) is 4.66. The van der Waals surface area contributed by atoms with Gasteiger partial charge in [0.1, 0.15) is 5.82 Å². The molecule has 0 saturated carbocycles. The maximum Gasteiger partial charge on any atom is 0.228 e. The summed E-state index contributed by atoms with van der Waals surface area (Å²) in [7, 11) is 4.26. The predicted molar refractivity (Wildman–Crippen MR) is 131 cm³/mol. The summed E-state index contributed by atoms with van der Waals surface area (Å²) in [5.74, 6) is 1.29. The normalized spacial score (nSPS) is 17.7. The molecular formula is C24H26ClN7O. The zero-order chi connectivity index (χ0) is 23.1. The van der Waals surface area contributed by atoms with Gasteiger partial charge >= 0.3 is 0 Å². The van der Waals surface area contributed by atoms with Crippen LogP contribution < -0.4 is 15.5 Å². The highest BCUT2D eigenvalue weighted by atomic mass is 35.5. The summed E-state index contributed by atoms with van der Waals surface area (Å²) < 4.78 is 0. The quantitative estimate of drug-likeness (QED) is 0.607. The molecule has 9 heteroatoms. The number of anilines is 4. The number of halogens is 1. The van der Waals surface area contributed by atoms with E-state index in [-0.39, 0.29) is 12.3 Å². The van der Waals surface area contributed by atoms with E-state index in [1.165, 1.54) is 0 Å². The van der Waals surface area contributed by atoms with Crippen molar-refractivity contribution in [3.05, 3.63) is 52.8 Å². The number of nitrogens with zero attached hydrogens (tertiary/aromatic N) is 5. The Morgan fingerprint density at radius 3 is 2.85 bits per heavy atom. The van der Waals surface area contributed by atoms with Gasteiger partial charge in [-0.15, -0.1) is 0 Å². The van der Waals surface area contributed by atoms with Gasteiger partial charge in [-0.25, -0.2) is 15.0 Å². The SMILES string of the molecule is Cc1nc(N(C)C2CCN(C)C2)ccc1Nc1ncc2c(n1)-c1ccc(Cl)cc1NC(=O)C2. The number of hydrogen-bond donors (Lipinski definition) is 2. The van der Waals surface area contributed by atoms with E-state index in [0.717, 1.165) is 47.8 Å². The van der Waals surface area contributed by atoms with Gasteiger partial charge in [-0.1, -0.05) is 11.6 Å². The van der Waals surface area contributed by atoms with Crippen LogP contribution in [0.5, 0.6) is 0 Å². The fraction of sp³-hybridized carbons (Fsp3) is 0.333. The van der Waals surface area contributed by atoms with Gasteiger partial charge in [0.15, 0.2) is 0 Å². The van der Waals surface area contributed by atoms with Gasteiger partial charge in [-0.2, -0.15) is 0 Å². The number of hydrogen-bond acceptors (Lipinski definition) is 7. The topological polar surface area (TPSA) is 86.3 Å². The molecule has 0 spiro atoms. The van der Waals surface area contributed by atoms with Crippen molar-refractivity contribution >= 4 is 40.6 Å². The third kappa shape index (κ3) is 4.36. The number of carbonyl (C=O) groups excluding carboxylic acids is 1. The number of rotatable bonds is 4. The lowest BCUT2D eigenvalue weighted by Crippen LogP contribution is -2.34. The van der Waals surface area contributed by atoms with Crippen LogP contribution in [0.15, 0.2) is 36.5 Å². The van der Waals surface area contributed by atoms with Gasteiger partial charge in [0, 0.05) is 42.0 Å². The fourth-order valence-corrected chi connectivity index (χ4v) is 4.61. The van der Waals surface area contributed by atoms with E-state index in [2.05, 4.69) is 39.5 Å². The van der Waals surface area contributed by atoms with Crippen molar-refractivity contribution in [1.29, 1.82) is 0 Å². The second kappa shape index (κ2) is 8.61. The maximum absolute atomic E-state index is 12.3. The first-order valence-corrected chi connectivity index (χ1v) is 11.4. The molecule has 1 fully saturated rings. The molecule has 170 valence electrons. The van der Waals surface area contributed by atoms with E-state index in [1.807, 2.05) is 25.1 Å². The Bertz CT molecular complexity index is 1230. The van der Waals surface area contributed by atoms with Crippen molar-refractivity contribution < 1.29 is 4.79 Å².